The van der Waals surface area contributed by atoms with Crippen molar-refractivity contribution < 1.29 is 23.9 Å². The number of ether oxygens (including phenoxy) is 2. The van der Waals surface area contributed by atoms with Gasteiger partial charge < -0.3 is 14.5 Å². The fraction of sp³-hybridized carbons (Fsp3) is 0.118. The van der Waals surface area contributed by atoms with Crippen LogP contribution in [0.15, 0.2) is 36.4 Å². The van der Waals surface area contributed by atoms with Crippen LogP contribution in [0.2, 0.25) is 0 Å². The predicted molar refractivity (Wildman–Crippen MR) is 91.9 cm³/mol. The molecule has 0 spiro atoms. The summed E-state index contributed by atoms with van der Waals surface area (Å²) in [5.41, 5.74) is -0.105. The van der Waals surface area contributed by atoms with Crippen molar-refractivity contribution in [3.8, 4) is 0 Å². The SMILES string of the molecule is COC(=O)c1nc(=S)[nH]c(C(=O)OC)c1C(=O)C=Cc1ccccc1. The smallest absolute Gasteiger partial charge is 0.357 e. The molecule has 0 saturated carbocycles. The zero-order valence-corrected chi connectivity index (χ0v) is 14.3. The lowest BCUT2D eigenvalue weighted by Crippen LogP contribution is -2.20. The van der Waals surface area contributed by atoms with E-state index in [1.54, 1.807) is 18.2 Å². The highest BCUT2D eigenvalue weighted by Crippen LogP contribution is 2.16. The number of hydrogen-bond donors (Lipinski definition) is 1. The Kier molecular flexibility index (Phi) is 5.91. The van der Waals surface area contributed by atoms with Gasteiger partial charge in [-0.25, -0.2) is 14.6 Å². The van der Waals surface area contributed by atoms with Crippen molar-refractivity contribution in [2.24, 2.45) is 0 Å². The molecule has 1 aromatic heterocycles. The first kappa shape index (κ1) is 18.2. The number of carbonyl (C=O) groups excluding carboxylic acids is 3. The van der Waals surface area contributed by atoms with Crippen molar-refractivity contribution >= 4 is 36.0 Å². The maximum atomic E-state index is 12.6. The van der Waals surface area contributed by atoms with Crippen molar-refractivity contribution in [2.45, 2.75) is 0 Å². The topological polar surface area (TPSA) is 98.3 Å². The number of aromatic amines is 1. The van der Waals surface area contributed by atoms with Crippen LogP contribution in [0.5, 0.6) is 0 Å². The van der Waals surface area contributed by atoms with Crippen LogP contribution in [0.4, 0.5) is 0 Å². The van der Waals surface area contributed by atoms with Gasteiger partial charge in [0.25, 0.3) is 0 Å². The van der Waals surface area contributed by atoms with Gasteiger partial charge in [-0.05, 0) is 23.9 Å². The maximum Gasteiger partial charge on any atom is 0.357 e. The van der Waals surface area contributed by atoms with E-state index in [2.05, 4.69) is 19.4 Å². The van der Waals surface area contributed by atoms with Crippen LogP contribution in [-0.4, -0.2) is 41.9 Å². The van der Waals surface area contributed by atoms with Crippen LogP contribution in [0.25, 0.3) is 6.08 Å². The van der Waals surface area contributed by atoms with Crippen LogP contribution >= 0.6 is 12.2 Å². The first-order valence-electron chi connectivity index (χ1n) is 7.06. The molecule has 2 aromatic rings. The Morgan fingerprint density at radius 3 is 2.32 bits per heavy atom. The van der Waals surface area contributed by atoms with Gasteiger partial charge in [-0.15, -0.1) is 0 Å². The zero-order chi connectivity index (χ0) is 18.4. The van der Waals surface area contributed by atoms with Crippen molar-refractivity contribution in [2.75, 3.05) is 14.2 Å². The molecule has 8 heteroatoms. The standard InChI is InChI=1S/C17H14N2O5S/c1-23-15(21)13-12(14(16(22)24-2)19-17(25)18-13)11(20)9-8-10-6-4-3-5-7-10/h3-9H,1-2H3,(H,18,19,25). The number of H-pyrrole nitrogens is 1. The van der Waals surface area contributed by atoms with Gasteiger partial charge in [-0.3, -0.25) is 4.79 Å². The molecule has 2 rings (SSSR count). The minimum Gasteiger partial charge on any atom is -0.464 e. The molecule has 0 atom stereocenters. The third-order valence-electron chi connectivity index (χ3n) is 3.17. The van der Waals surface area contributed by atoms with Crippen LogP contribution < -0.4 is 0 Å². The number of methoxy groups -OCH3 is 2. The van der Waals surface area contributed by atoms with Gasteiger partial charge in [0.2, 0.25) is 0 Å². The van der Waals surface area contributed by atoms with Gasteiger partial charge >= 0.3 is 11.9 Å². The molecular weight excluding hydrogens is 344 g/mol. The summed E-state index contributed by atoms with van der Waals surface area (Å²) in [6.45, 7) is 0. The number of aromatic nitrogens is 2. The van der Waals surface area contributed by atoms with Crippen LogP contribution in [0.1, 0.15) is 36.9 Å². The number of hydrogen-bond acceptors (Lipinski definition) is 7. The summed E-state index contributed by atoms with van der Waals surface area (Å²) in [7, 11) is 2.28. The van der Waals surface area contributed by atoms with Crippen molar-refractivity contribution in [1.29, 1.82) is 0 Å². The Bertz CT molecular complexity index is 863. The summed E-state index contributed by atoms with van der Waals surface area (Å²) in [5.74, 6) is -2.36. The van der Waals surface area contributed by atoms with Gasteiger partial charge in [0.05, 0.1) is 19.8 Å². The molecule has 0 fully saturated rings. The molecule has 1 aromatic carbocycles. The maximum absolute atomic E-state index is 12.6. The number of carbonyl (C=O) groups is 3. The Balaban J connectivity index is 2.58. The molecule has 0 bridgehead atoms. The molecule has 1 N–H and O–H groups in total. The van der Waals surface area contributed by atoms with Gasteiger partial charge in [0.1, 0.15) is 5.69 Å². The average molecular weight is 358 g/mol. The summed E-state index contributed by atoms with van der Waals surface area (Å²) in [6, 6.07) is 9.05. The average Bonchev–Trinajstić information content (AvgIpc) is 2.64. The third kappa shape index (κ3) is 4.24. The lowest BCUT2D eigenvalue weighted by molar-refractivity contribution is 0.0583. The van der Waals surface area contributed by atoms with E-state index in [9.17, 15) is 14.4 Å². The Labute approximate surface area is 148 Å². The van der Waals surface area contributed by atoms with Crippen molar-refractivity contribution in [3.05, 3.63) is 63.7 Å². The summed E-state index contributed by atoms with van der Waals surface area (Å²) in [5, 5.41) is 0. The molecular formula is C17H14N2O5S. The largest absolute Gasteiger partial charge is 0.464 e. The van der Waals surface area contributed by atoms with E-state index in [0.29, 0.717) is 0 Å². The monoisotopic (exact) mass is 358 g/mol. The van der Waals surface area contributed by atoms with E-state index in [4.69, 9.17) is 12.2 Å². The highest BCUT2D eigenvalue weighted by molar-refractivity contribution is 7.71. The van der Waals surface area contributed by atoms with E-state index in [1.807, 2.05) is 18.2 Å². The highest BCUT2D eigenvalue weighted by atomic mass is 32.1. The summed E-state index contributed by atoms with van der Waals surface area (Å²) in [6.07, 6.45) is 2.77. The van der Waals surface area contributed by atoms with E-state index in [-0.39, 0.29) is 21.7 Å². The number of ketones is 1. The molecule has 1 heterocycles. The molecule has 0 aliphatic carbocycles. The second-order valence-electron chi connectivity index (χ2n) is 4.73. The summed E-state index contributed by atoms with van der Waals surface area (Å²) in [4.78, 5) is 42.9. The van der Waals surface area contributed by atoms with Crippen LogP contribution in [0, 0.1) is 4.77 Å². The number of rotatable bonds is 5. The van der Waals surface area contributed by atoms with Crippen molar-refractivity contribution in [3.63, 3.8) is 0 Å². The van der Waals surface area contributed by atoms with Gasteiger partial charge in [-0.2, -0.15) is 0 Å². The van der Waals surface area contributed by atoms with Crippen molar-refractivity contribution in [1.82, 2.24) is 9.97 Å². The van der Waals surface area contributed by atoms with Gasteiger partial charge in [0.15, 0.2) is 16.2 Å². The van der Waals surface area contributed by atoms with E-state index in [0.717, 1.165) is 19.8 Å². The lowest BCUT2D eigenvalue weighted by atomic mass is 10.0. The second-order valence-corrected chi connectivity index (χ2v) is 5.12. The first-order chi connectivity index (χ1) is 12.0. The molecule has 0 radical (unpaired) electrons. The molecule has 128 valence electrons. The molecule has 0 aliphatic rings. The first-order valence-corrected chi connectivity index (χ1v) is 7.47. The van der Waals surface area contributed by atoms with E-state index < -0.39 is 17.7 Å². The van der Waals surface area contributed by atoms with Crippen LogP contribution in [-0.2, 0) is 9.47 Å². The minimum absolute atomic E-state index is 0.149. The number of nitrogens with zero attached hydrogens (tertiary/aromatic N) is 1. The fourth-order valence-electron chi connectivity index (χ4n) is 2.03. The third-order valence-corrected chi connectivity index (χ3v) is 3.37. The molecule has 7 nitrogen and oxygen atoms in total. The number of nitrogens with one attached hydrogen (secondary N) is 1. The van der Waals surface area contributed by atoms with Crippen LogP contribution in [0.3, 0.4) is 0 Å². The molecule has 0 saturated heterocycles. The number of allylic oxidation sites excluding steroid dienone is 1. The second kappa shape index (κ2) is 8.11. The zero-order valence-electron chi connectivity index (χ0n) is 13.4. The quantitative estimate of drug-likeness (QED) is 0.380. The molecule has 0 unspecified atom stereocenters. The fourth-order valence-corrected chi connectivity index (χ4v) is 2.23. The lowest BCUT2D eigenvalue weighted by Gasteiger charge is -2.09. The summed E-state index contributed by atoms with van der Waals surface area (Å²) >= 11 is 4.90. The van der Waals surface area contributed by atoms with Gasteiger partial charge in [-0.1, -0.05) is 36.4 Å². The summed E-state index contributed by atoms with van der Waals surface area (Å²) < 4.78 is 9.12. The normalized spacial score (nSPS) is 10.5. The Morgan fingerprint density at radius 2 is 1.72 bits per heavy atom. The van der Waals surface area contributed by atoms with E-state index in [1.165, 1.54) is 6.08 Å². The number of esters is 2. The molecule has 0 amide bonds. The van der Waals surface area contributed by atoms with Gasteiger partial charge in [0, 0.05) is 0 Å². The Morgan fingerprint density at radius 1 is 1.08 bits per heavy atom. The molecule has 0 aliphatic heterocycles. The minimum atomic E-state index is -0.887. The highest BCUT2D eigenvalue weighted by Gasteiger charge is 2.26. The molecule has 25 heavy (non-hydrogen) atoms. The number of benzene rings is 1. The van der Waals surface area contributed by atoms with E-state index >= 15 is 0 Å². The predicted octanol–water partition coefficient (Wildman–Crippen LogP) is 2.61. The Hall–Kier alpha value is -3.13.